The lowest BCUT2D eigenvalue weighted by atomic mass is 9.86. The highest BCUT2D eigenvalue weighted by Gasteiger charge is 2.18. The van der Waals surface area contributed by atoms with E-state index < -0.39 is 0 Å². The highest BCUT2D eigenvalue weighted by atomic mass is 16.5. The fourth-order valence-electron chi connectivity index (χ4n) is 8.23. The molecule has 0 aliphatic rings. The molecule has 10 aromatic rings. The lowest BCUT2D eigenvalue weighted by molar-refractivity contribution is 0.483. The van der Waals surface area contributed by atoms with Crippen LogP contribution in [0.25, 0.3) is 87.6 Å². The summed E-state index contributed by atoms with van der Waals surface area (Å²) < 4.78 is 6.46. The van der Waals surface area contributed by atoms with Gasteiger partial charge in [-0.2, -0.15) is 0 Å². The van der Waals surface area contributed by atoms with E-state index in [4.69, 9.17) is 4.74 Å². The van der Waals surface area contributed by atoms with Gasteiger partial charge in [-0.1, -0.05) is 182 Å². The van der Waals surface area contributed by atoms with Crippen LogP contribution in [0.3, 0.4) is 0 Å². The highest BCUT2D eigenvalue weighted by Crippen LogP contribution is 2.45. The number of fused-ring (bicyclic) bond motifs is 4. The number of benzene rings is 10. The summed E-state index contributed by atoms with van der Waals surface area (Å²) in [5.41, 5.74) is 9.82. The second kappa shape index (κ2) is 13.0. The molecule has 53 heavy (non-hydrogen) atoms. The van der Waals surface area contributed by atoms with Crippen molar-refractivity contribution >= 4 is 43.1 Å². The molecule has 0 amide bonds. The van der Waals surface area contributed by atoms with Gasteiger partial charge in [0.05, 0.1) is 0 Å². The summed E-state index contributed by atoms with van der Waals surface area (Å²) in [4.78, 5) is 0. The Morgan fingerprint density at radius 3 is 0.642 bits per heavy atom. The third-order valence-electron chi connectivity index (χ3n) is 10.5. The number of rotatable bonds is 6. The van der Waals surface area contributed by atoms with Crippen molar-refractivity contribution in [3.8, 4) is 56.0 Å². The minimum Gasteiger partial charge on any atom is -0.457 e. The molecular weight excluding hydrogens is 641 g/mol. The maximum atomic E-state index is 6.46. The van der Waals surface area contributed by atoms with E-state index in [0.29, 0.717) is 0 Å². The quantitative estimate of drug-likeness (QED) is 0.160. The maximum absolute atomic E-state index is 6.46. The first kappa shape index (κ1) is 30.8. The molecule has 0 heterocycles. The van der Waals surface area contributed by atoms with Gasteiger partial charge in [-0.3, -0.25) is 0 Å². The number of ether oxygens (including phenoxy) is 1. The molecule has 0 unspecified atom stereocenters. The van der Waals surface area contributed by atoms with Gasteiger partial charge in [-0.15, -0.1) is 0 Å². The van der Waals surface area contributed by atoms with Crippen molar-refractivity contribution < 1.29 is 4.74 Å². The van der Waals surface area contributed by atoms with Crippen LogP contribution in [0.4, 0.5) is 0 Å². The molecule has 0 bridgehead atoms. The minimum absolute atomic E-state index is 0.805. The van der Waals surface area contributed by atoms with Crippen LogP contribution in [0.15, 0.2) is 206 Å². The van der Waals surface area contributed by atoms with Gasteiger partial charge < -0.3 is 4.74 Å². The van der Waals surface area contributed by atoms with Crippen LogP contribution in [-0.4, -0.2) is 0 Å². The van der Waals surface area contributed by atoms with Gasteiger partial charge in [0.25, 0.3) is 0 Å². The average Bonchev–Trinajstić information content (AvgIpc) is 3.23. The first-order chi connectivity index (χ1) is 26.3. The van der Waals surface area contributed by atoms with Gasteiger partial charge in [0, 0.05) is 0 Å². The third-order valence-corrected chi connectivity index (χ3v) is 10.5. The molecule has 0 saturated heterocycles. The zero-order valence-electron chi connectivity index (χ0n) is 29.0. The Morgan fingerprint density at radius 2 is 0.396 bits per heavy atom. The van der Waals surface area contributed by atoms with Crippen molar-refractivity contribution in [1.29, 1.82) is 0 Å². The molecule has 0 aromatic heterocycles. The van der Waals surface area contributed by atoms with Crippen molar-refractivity contribution in [2.24, 2.45) is 0 Å². The zero-order chi connectivity index (χ0) is 35.1. The monoisotopic (exact) mass is 674 g/mol. The Labute approximate surface area is 309 Å². The van der Waals surface area contributed by atoms with E-state index in [1.807, 2.05) is 0 Å². The maximum Gasteiger partial charge on any atom is 0.127 e. The highest BCUT2D eigenvalue weighted by molar-refractivity contribution is 6.22. The molecule has 0 radical (unpaired) electrons. The first-order valence-electron chi connectivity index (χ1n) is 18.2. The van der Waals surface area contributed by atoms with E-state index in [0.717, 1.165) is 22.6 Å². The summed E-state index contributed by atoms with van der Waals surface area (Å²) >= 11 is 0. The van der Waals surface area contributed by atoms with Crippen LogP contribution in [0.5, 0.6) is 11.5 Å². The second-order valence-electron chi connectivity index (χ2n) is 13.6. The van der Waals surface area contributed by atoms with Crippen LogP contribution in [0.1, 0.15) is 0 Å². The second-order valence-corrected chi connectivity index (χ2v) is 13.6. The van der Waals surface area contributed by atoms with Crippen molar-refractivity contribution in [3.63, 3.8) is 0 Å². The lowest BCUT2D eigenvalue weighted by Crippen LogP contribution is -1.91. The minimum atomic E-state index is 0.805. The standard InChI is InChI=1S/C52H34O/c1-3-15-35(16-4-1)49-41-19-7-11-23-45(41)51(46-24-12-8-20-42(46)49)37-27-31-39(32-28-37)53-40-33-29-38(30-34-40)52-47-25-13-9-21-43(47)50(36-17-5-2-6-18-36)44-22-10-14-26-48(44)52/h1-34H. The van der Waals surface area contributed by atoms with Crippen molar-refractivity contribution in [2.75, 3.05) is 0 Å². The predicted octanol–water partition coefficient (Wildman–Crippen LogP) is 14.8. The topological polar surface area (TPSA) is 9.23 Å². The summed E-state index contributed by atoms with van der Waals surface area (Å²) in [6.07, 6.45) is 0. The molecule has 0 fully saturated rings. The first-order valence-corrected chi connectivity index (χ1v) is 18.2. The summed E-state index contributed by atoms with van der Waals surface area (Å²) in [6, 6.07) is 73.6. The Hall–Kier alpha value is -6.96. The van der Waals surface area contributed by atoms with Crippen molar-refractivity contribution in [3.05, 3.63) is 206 Å². The Bertz CT molecular complexity index is 2610. The van der Waals surface area contributed by atoms with E-state index in [2.05, 4.69) is 206 Å². The normalized spacial score (nSPS) is 11.4. The van der Waals surface area contributed by atoms with Gasteiger partial charge >= 0.3 is 0 Å². The molecular formula is C52H34O. The van der Waals surface area contributed by atoms with Crippen molar-refractivity contribution in [2.45, 2.75) is 0 Å². The molecule has 0 atom stereocenters. The fourth-order valence-corrected chi connectivity index (χ4v) is 8.23. The summed E-state index contributed by atoms with van der Waals surface area (Å²) in [5.74, 6) is 1.61. The molecule has 1 nitrogen and oxygen atoms in total. The number of hydrogen-bond acceptors (Lipinski definition) is 1. The van der Waals surface area contributed by atoms with Gasteiger partial charge in [-0.25, -0.2) is 0 Å². The van der Waals surface area contributed by atoms with E-state index in [9.17, 15) is 0 Å². The SMILES string of the molecule is c1ccc(-c2c3ccccc3c(-c3ccc(Oc4ccc(-c5c6ccccc6c(-c6ccccc6)c6ccccc56)cc4)cc3)c3ccccc23)cc1. The Morgan fingerprint density at radius 1 is 0.189 bits per heavy atom. The lowest BCUT2D eigenvalue weighted by Gasteiger charge is -2.18. The van der Waals surface area contributed by atoms with Crippen LogP contribution < -0.4 is 4.74 Å². The Kier molecular flexibility index (Phi) is 7.55. The molecule has 0 N–H and O–H groups in total. The molecule has 0 aliphatic heterocycles. The molecule has 0 spiro atoms. The van der Waals surface area contributed by atoms with Crippen LogP contribution in [-0.2, 0) is 0 Å². The molecule has 10 rings (SSSR count). The molecule has 1 heteroatoms. The fraction of sp³-hybridized carbons (Fsp3) is 0. The van der Waals surface area contributed by atoms with Crippen LogP contribution >= 0.6 is 0 Å². The van der Waals surface area contributed by atoms with E-state index >= 15 is 0 Å². The van der Waals surface area contributed by atoms with Gasteiger partial charge in [-0.05, 0) is 112 Å². The van der Waals surface area contributed by atoms with Crippen molar-refractivity contribution in [1.82, 2.24) is 0 Å². The molecule has 0 saturated carbocycles. The third kappa shape index (κ3) is 5.34. The number of hydrogen-bond donors (Lipinski definition) is 0. The van der Waals surface area contributed by atoms with Gasteiger partial charge in [0.1, 0.15) is 11.5 Å². The van der Waals surface area contributed by atoms with E-state index in [-0.39, 0.29) is 0 Å². The molecule has 248 valence electrons. The summed E-state index contributed by atoms with van der Waals surface area (Å²) in [6.45, 7) is 0. The smallest absolute Gasteiger partial charge is 0.127 e. The zero-order valence-corrected chi connectivity index (χ0v) is 29.0. The van der Waals surface area contributed by atoms with Gasteiger partial charge in [0.15, 0.2) is 0 Å². The van der Waals surface area contributed by atoms with Crippen LogP contribution in [0, 0.1) is 0 Å². The average molecular weight is 675 g/mol. The van der Waals surface area contributed by atoms with E-state index in [1.54, 1.807) is 0 Å². The van der Waals surface area contributed by atoms with Crippen LogP contribution in [0.2, 0.25) is 0 Å². The summed E-state index contributed by atoms with van der Waals surface area (Å²) in [5, 5.41) is 9.98. The molecule has 0 aliphatic carbocycles. The predicted molar refractivity (Wildman–Crippen MR) is 225 cm³/mol. The molecule has 10 aromatic carbocycles. The Balaban J connectivity index is 1.01. The summed E-state index contributed by atoms with van der Waals surface area (Å²) in [7, 11) is 0. The van der Waals surface area contributed by atoms with E-state index in [1.165, 1.54) is 76.5 Å². The largest absolute Gasteiger partial charge is 0.457 e. The van der Waals surface area contributed by atoms with Gasteiger partial charge in [0.2, 0.25) is 0 Å².